The zero-order valence-electron chi connectivity index (χ0n) is 6.13. The van der Waals surface area contributed by atoms with Crippen LogP contribution >= 0.6 is 0 Å². The van der Waals surface area contributed by atoms with Gasteiger partial charge in [0, 0.05) is 6.04 Å². The molecule has 1 saturated carbocycles. The molecular formula is C7H14NO-. The molecule has 1 aliphatic rings. The smallest absolute Gasteiger partial charge is 0.000000313 e. The predicted octanol–water partition coefficient (Wildman–Crippen LogP) is 1.60. The van der Waals surface area contributed by atoms with Crippen LogP contribution in [0.1, 0.15) is 26.7 Å². The minimum atomic E-state index is 0.343. The van der Waals surface area contributed by atoms with Gasteiger partial charge in [0.1, 0.15) is 0 Å². The maximum atomic E-state index is 10.9. The number of hydrogen-bond donors (Lipinski definition) is 0. The van der Waals surface area contributed by atoms with Gasteiger partial charge in [0.05, 0.1) is 0 Å². The molecule has 0 heterocycles. The van der Waals surface area contributed by atoms with Gasteiger partial charge in [-0.2, -0.15) is 0 Å². The molecule has 0 saturated heterocycles. The summed E-state index contributed by atoms with van der Waals surface area (Å²) in [5.74, 6) is 0.641. The Morgan fingerprint density at radius 3 is 2.33 bits per heavy atom. The van der Waals surface area contributed by atoms with Crippen LogP contribution in [0, 0.1) is 11.1 Å². The Hall–Kier alpha value is -0.0800. The highest BCUT2D eigenvalue weighted by Gasteiger charge is 2.26. The van der Waals surface area contributed by atoms with Gasteiger partial charge in [-0.15, -0.1) is 0 Å². The second-order valence-corrected chi connectivity index (χ2v) is 2.86. The van der Waals surface area contributed by atoms with Crippen LogP contribution in [0.3, 0.4) is 0 Å². The van der Waals surface area contributed by atoms with Crippen molar-refractivity contribution >= 4 is 0 Å². The third kappa shape index (κ3) is 1.25. The van der Waals surface area contributed by atoms with Crippen LogP contribution in [0.15, 0.2) is 0 Å². The van der Waals surface area contributed by atoms with E-state index in [1.165, 1.54) is 11.5 Å². The average molecular weight is 128 g/mol. The van der Waals surface area contributed by atoms with E-state index in [1.807, 2.05) is 6.92 Å². The first-order valence-corrected chi connectivity index (χ1v) is 3.69. The largest absolute Gasteiger partial charge is 0.785 e. The van der Waals surface area contributed by atoms with Crippen molar-refractivity contribution in [1.29, 1.82) is 0 Å². The highest BCUT2D eigenvalue weighted by Crippen LogP contribution is 2.30. The van der Waals surface area contributed by atoms with E-state index < -0.39 is 0 Å². The van der Waals surface area contributed by atoms with Gasteiger partial charge in [-0.1, -0.05) is 13.8 Å². The summed E-state index contributed by atoms with van der Waals surface area (Å²) in [5, 5.41) is 12.1. The number of hydroxylamine groups is 2. The minimum absolute atomic E-state index is 0.343. The van der Waals surface area contributed by atoms with E-state index in [-0.39, 0.29) is 0 Å². The lowest BCUT2D eigenvalue weighted by Crippen LogP contribution is -2.42. The molecule has 0 aromatic carbocycles. The molecule has 1 fully saturated rings. The van der Waals surface area contributed by atoms with Gasteiger partial charge in [-0.3, -0.25) is 0 Å². The van der Waals surface area contributed by atoms with Crippen molar-refractivity contribution in [3.63, 3.8) is 0 Å². The summed E-state index contributed by atoms with van der Waals surface area (Å²) in [4.78, 5) is 0. The van der Waals surface area contributed by atoms with Crippen LogP contribution in [0.4, 0.5) is 0 Å². The summed E-state index contributed by atoms with van der Waals surface area (Å²) >= 11 is 0. The van der Waals surface area contributed by atoms with E-state index in [4.69, 9.17) is 0 Å². The maximum absolute atomic E-state index is 10.9. The third-order valence-corrected chi connectivity index (χ3v) is 2.26. The summed E-state index contributed by atoms with van der Waals surface area (Å²) in [7, 11) is 0. The number of rotatable bonds is 2. The monoisotopic (exact) mass is 128 g/mol. The minimum Gasteiger partial charge on any atom is -0.785 e. The fourth-order valence-electron chi connectivity index (χ4n) is 1.31. The Labute approximate surface area is 56.4 Å². The molecule has 2 unspecified atom stereocenters. The summed E-state index contributed by atoms with van der Waals surface area (Å²) in [6, 6.07) is 0.343. The summed E-state index contributed by atoms with van der Waals surface area (Å²) < 4.78 is 0. The molecule has 54 valence electrons. The SMILES string of the molecule is CCN([O-])C1CCC1C. The molecule has 1 aliphatic carbocycles. The van der Waals surface area contributed by atoms with Crippen LogP contribution in [0.2, 0.25) is 0 Å². The number of nitrogens with zero attached hydrogens (tertiary/aromatic N) is 1. The molecule has 0 aromatic rings. The Morgan fingerprint density at radius 2 is 2.22 bits per heavy atom. The van der Waals surface area contributed by atoms with Gasteiger partial charge in [-0.05, 0) is 25.3 Å². The Balaban J connectivity index is 2.25. The van der Waals surface area contributed by atoms with Crippen LogP contribution in [0.5, 0.6) is 0 Å². The molecule has 0 N–H and O–H groups in total. The Morgan fingerprint density at radius 1 is 1.56 bits per heavy atom. The molecule has 2 heteroatoms. The van der Waals surface area contributed by atoms with Gasteiger partial charge < -0.3 is 10.3 Å². The van der Waals surface area contributed by atoms with E-state index >= 15 is 0 Å². The van der Waals surface area contributed by atoms with Crippen LogP contribution in [-0.4, -0.2) is 17.6 Å². The van der Waals surface area contributed by atoms with E-state index in [9.17, 15) is 5.21 Å². The van der Waals surface area contributed by atoms with E-state index in [0.29, 0.717) is 18.5 Å². The normalized spacial score (nSPS) is 34.7. The molecule has 0 spiro atoms. The molecule has 2 atom stereocenters. The Bertz CT molecular complexity index is 94.9. The third-order valence-electron chi connectivity index (χ3n) is 2.26. The van der Waals surface area contributed by atoms with Crippen molar-refractivity contribution in [3.8, 4) is 0 Å². The average Bonchev–Trinajstić information content (AvgIpc) is 1.84. The van der Waals surface area contributed by atoms with Crippen LogP contribution in [0.25, 0.3) is 0 Å². The highest BCUT2D eigenvalue weighted by atomic mass is 16.5. The zero-order valence-corrected chi connectivity index (χ0v) is 6.13. The molecular weight excluding hydrogens is 114 g/mol. The number of hydrogen-bond acceptors (Lipinski definition) is 2. The standard InChI is InChI=1S/C7H14NO/c1-3-8(9)7-5-4-6(7)2/h6-7H,3-5H2,1-2H3/q-1. The van der Waals surface area contributed by atoms with Crippen LogP contribution in [-0.2, 0) is 0 Å². The first kappa shape index (κ1) is 7.03. The predicted molar refractivity (Wildman–Crippen MR) is 37.9 cm³/mol. The van der Waals surface area contributed by atoms with Crippen molar-refractivity contribution < 1.29 is 0 Å². The lowest BCUT2D eigenvalue weighted by atomic mass is 9.81. The lowest BCUT2D eigenvalue weighted by Gasteiger charge is -2.46. The molecule has 9 heavy (non-hydrogen) atoms. The Kier molecular flexibility index (Phi) is 2.09. The maximum Gasteiger partial charge on any atom is 0.000000313 e. The molecule has 0 aliphatic heterocycles. The topological polar surface area (TPSA) is 26.3 Å². The van der Waals surface area contributed by atoms with E-state index in [0.717, 1.165) is 6.42 Å². The van der Waals surface area contributed by atoms with E-state index in [1.54, 1.807) is 0 Å². The van der Waals surface area contributed by atoms with Gasteiger partial charge in [-0.25, -0.2) is 0 Å². The fraction of sp³-hybridized carbons (Fsp3) is 1.00. The molecule has 1 rings (SSSR count). The summed E-state index contributed by atoms with van der Waals surface area (Å²) in [5.41, 5.74) is 0. The van der Waals surface area contributed by atoms with Crippen molar-refractivity contribution in [2.24, 2.45) is 5.92 Å². The molecule has 0 radical (unpaired) electrons. The van der Waals surface area contributed by atoms with Gasteiger partial charge in [0.25, 0.3) is 0 Å². The van der Waals surface area contributed by atoms with Crippen molar-refractivity contribution in [2.45, 2.75) is 32.7 Å². The van der Waals surface area contributed by atoms with Gasteiger partial charge in [0.15, 0.2) is 0 Å². The summed E-state index contributed by atoms with van der Waals surface area (Å²) in [6.45, 7) is 4.71. The molecule has 0 aromatic heterocycles. The molecule has 0 amide bonds. The van der Waals surface area contributed by atoms with Gasteiger partial charge >= 0.3 is 0 Å². The van der Waals surface area contributed by atoms with Gasteiger partial charge in [0.2, 0.25) is 0 Å². The summed E-state index contributed by atoms with van der Waals surface area (Å²) in [6.07, 6.45) is 2.35. The van der Waals surface area contributed by atoms with E-state index in [2.05, 4.69) is 6.92 Å². The van der Waals surface area contributed by atoms with Crippen molar-refractivity contribution in [2.75, 3.05) is 6.54 Å². The molecule has 0 bridgehead atoms. The van der Waals surface area contributed by atoms with Crippen molar-refractivity contribution in [3.05, 3.63) is 5.21 Å². The highest BCUT2D eigenvalue weighted by molar-refractivity contribution is 4.85. The first-order chi connectivity index (χ1) is 4.25. The second kappa shape index (κ2) is 2.67. The fourth-order valence-corrected chi connectivity index (χ4v) is 1.31. The molecule has 2 nitrogen and oxygen atoms in total. The quantitative estimate of drug-likeness (QED) is 0.528. The van der Waals surface area contributed by atoms with Crippen LogP contribution < -0.4 is 0 Å². The lowest BCUT2D eigenvalue weighted by molar-refractivity contribution is 0.120. The van der Waals surface area contributed by atoms with Crippen molar-refractivity contribution in [1.82, 2.24) is 5.06 Å². The second-order valence-electron chi connectivity index (χ2n) is 2.86. The zero-order chi connectivity index (χ0) is 6.85. The first-order valence-electron chi connectivity index (χ1n) is 3.69.